The smallest absolute Gasteiger partial charge is 0.260 e. The van der Waals surface area contributed by atoms with Gasteiger partial charge < -0.3 is 18.9 Å². The molecule has 0 bridgehead atoms. The van der Waals surface area contributed by atoms with Gasteiger partial charge in [-0.2, -0.15) is 0 Å². The number of ether oxygens (including phenoxy) is 2. The Morgan fingerprint density at radius 1 is 0.829 bits per heavy atom. The van der Waals surface area contributed by atoms with Gasteiger partial charge in [-0.1, -0.05) is 54.6 Å². The molecule has 3 aromatic carbocycles. The third-order valence-corrected chi connectivity index (χ3v) is 6.43. The number of aromatic nitrogens is 2. The van der Waals surface area contributed by atoms with Crippen molar-refractivity contribution in [3.05, 3.63) is 90.3 Å². The molecule has 1 amide bonds. The molecule has 180 valence electrons. The Hall–Kier alpha value is -3.84. The number of fused-ring (bicyclic) bond motifs is 1. The van der Waals surface area contributed by atoms with E-state index in [1.165, 1.54) is 5.56 Å². The Labute approximate surface area is 205 Å². The summed E-state index contributed by atoms with van der Waals surface area (Å²) in [4.78, 5) is 21.9. The van der Waals surface area contributed by atoms with Gasteiger partial charge in [0.15, 0.2) is 18.1 Å². The first kappa shape index (κ1) is 22.9. The van der Waals surface area contributed by atoms with Crippen LogP contribution in [0.2, 0.25) is 0 Å². The molecule has 0 saturated carbocycles. The molecule has 0 N–H and O–H groups in total. The fourth-order valence-corrected chi connectivity index (χ4v) is 4.51. The van der Waals surface area contributed by atoms with Crippen LogP contribution < -0.4 is 9.47 Å². The Kier molecular flexibility index (Phi) is 6.95. The maximum atomic E-state index is 12.7. The van der Waals surface area contributed by atoms with Crippen LogP contribution in [0, 0.1) is 0 Å². The van der Waals surface area contributed by atoms with Gasteiger partial charge in [-0.15, -0.1) is 0 Å². The van der Waals surface area contributed by atoms with E-state index in [1.54, 1.807) is 7.11 Å². The van der Waals surface area contributed by atoms with Gasteiger partial charge in [-0.3, -0.25) is 9.69 Å². The largest absolute Gasteiger partial charge is 0.493 e. The molecule has 1 aromatic heterocycles. The van der Waals surface area contributed by atoms with Crippen LogP contribution in [0.4, 0.5) is 0 Å². The van der Waals surface area contributed by atoms with Gasteiger partial charge in [-0.05, 0) is 29.8 Å². The van der Waals surface area contributed by atoms with Crippen molar-refractivity contribution in [1.82, 2.24) is 19.4 Å². The minimum absolute atomic E-state index is 0.00719. The highest BCUT2D eigenvalue weighted by atomic mass is 16.5. The molecule has 1 aliphatic rings. The summed E-state index contributed by atoms with van der Waals surface area (Å²) in [5.74, 6) is 2.25. The first-order valence-corrected chi connectivity index (χ1v) is 12.0. The lowest BCUT2D eigenvalue weighted by Gasteiger charge is -2.34. The lowest BCUT2D eigenvalue weighted by Crippen LogP contribution is -2.49. The second-order valence-electron chi connectivity index (χ2n) is 8.68. The van der Waals surface area contributed by atoms with Gasteiger partial charge in [-0.25, -0.2) is 4.98 Å². The molecule has 5 rings (SSSR count). The average Bonchev–Trinajstić information content (AvgIpc) is 3.25. The standard InChI is InChI=1S/C28H30N4O3/c1-34-25-13-7-8-14-26(25)35-21-28(33)31-17-15-30(16-18-31)20-27-29-23-11-5-6-12-24(23)32(27)19-22-9-3-2-4-10-22/h2-14H,15-21H2,1H3. The highest BCUT2D eigenvalue weighted by Gasteiger charge is 2.23. The fourth-order valence-electron chi connectivity index (χ4n) is 4.51. The molecule has 7 nitrogen and oxygen atoms in total. The molecule has 0 atom stereocenters. The Bertz CT molecular complexity index is 1280. The van der Waals surface area contributed by atoms with Crippen LogP contribution in [0.25, 0.3) is 11.0 Å². The predicted octanol–water partition coefficient (Wildman–Crippen LogP) is 3.82. The molecular weight excluding hydrogens is 440 g/mol. The molecule has 0 unspecified atom stereocenters. The topological polar surface area (TPSA) is 59.8 Å². The van der Waals surface area contributed by atoms with E-state index in [2.05, 4.69) is 51.9 Å². The zero-order valence-electron chi connectivity index (χ0n) is 20.0. The molecule has 0 aliphatic carbocycles. The summed E-state index contributed by atoms with van der Waals surface area (Å²) < 4.78 is 13.3. The molecule has 2 heterocycles. The molecule has 1 saturated heterocycles. The zero-order valence-corrected chi connectivity index (χ0v) is 20.0. The normalized spacial score (nSPS) is 14.3. The first-order valence-electron chi connectivity index (χ1n) is 12.0. The van der Waals surface area contributed by atoms with E-state index in [0.717, 1.165) is 43.0 Å². The van der Waals surface area contributed by atoms with E-state index in [-0.39, 0.29) is 12.5 Å². The molecule has 4 aromatic rings. The van der Waals surface area contributed by atoms with Crippen LogP contribution in [0.1, 0.15) is 11.4 Å². The molecule has 1 aliphatic heterocycles. The molecule has 7 heteroatoms. The van der Waals surface area contributed by atoms with Crippen molar-refractivity contribution in [2.24, 2.45) is 0 Å². The van der Waals surface area contributed by atoms with E-state index in [9.17, 15) is 4.79 Å². The van der Waals surface area contributed by atoms with Crippen LogP contribution in [0.5, 0.6) is 11.5 Å². The third kappa shape index (κ3) is 5.30. The molecule has 35 heavy (non-hydrogen) atoms. The molecular formula is C28H30N4O3. The lowest BCUT2D eigenvalue weighted by atomic mass is 10.2. The Morgan fingerprint density at radius 2 is 1.51 bits per heavy atom. The van der Waals surface area contributed by atoms with Gasteiger partial charge in [0.05, 0.1) is 24.7 Å². The summed E-state index contributed by atoms with van der Waals surface area (Å²) in [7, 11) is 1.59. The van der Waals surface area contributed by atoms with Crippen molar-refractivity contribution in [3.8, 4) is 11.5 Å². The quantitative estimate of drug-likeness (QED) is 0.392. The lowest BCUT2D eigenvalue weighted by molar-refractivity contribution is -0.135. The summed E-state index contributed by atoms with van der Waals surface area (Å²) in [5.41, 5.74) is 3.41. The predicted molar refractivity (Wildman–Crippen MR) is 136 cm³/mol. The number of methoxy groups -OCH3 is 1. The highest BCUT2D eigenvalue weighted by molar-refractivity contribution is 5.78. The highest BCUT2D eigenvalue weighted by Crippen LogP contribution is 2.26. The van der Waals surface area contributed by atoms with Gasteiger partial charge >= 0.3 is 0 Å². The van der Waals surface area contributed by atoms with E-state index < -0.39 is 0 Å². The molecule has 1 fully saturated rings. The van der Waals surface area contributed by atoms with E-state index >= 15 is 0 Å². The summed E-state index contributed by atoms with van der Waals surface area (Å²) in [6.07, 6.45) is 0. The summed E-state index contributed by atoms with van der Waals surface area (Å²) >= 11 is 0. The number of benzene rings is 3. The number of hydrogen-bond donors (Lipinski definition) is 0. The number of rotatable bonds is 8. The van der Waals surface area contributed by atoms with Crippen LogP contribution >= 0.6 is 0 Å². The average molecular weight is 471 g/mol. The number of carbonyl (C=O) groups is 1. The molecule has 0 spiro atoms. The number of carbonyl (C=O) groups excluding carboxylic acids is 1. The second-order valence-corrected chi connectivity index (χ2v) is 8.68. The van der Waals surface area contributed by atoms with Crippen LogP contribution in [0.3, 0.4) is 0 Å². The van der Waals surface area contributed by atoms with Crippen molar-refractivity contribution < 1.29 is 14.3 Å². The van der Waals surface area contributed by atoms with Crippen molar-refractivity contribution in [2.45, 2.75) is 13.1 Å². The van der Waals surface area contributed by atoms with E-state index in [4.69, 9.17) is 14.5 Å². The number of nitrogens with zero attached hydrogens (tertiary/aromatic N) is 4. The van der Waals surface area contributed by atoms with Crippen molar-refractivity contribution >= 4 is 16.9 Å². The Morgan fingerprint density at radius 3 is 2.29 bits per heavy atom. The maximum Gasteiger partial charge on any atom is 0.260 e. The van der Waals surface area contributed by atoms with Gasteiger partial charge in [0.2, 0.25) is 0 Å². The Balaban J connectivity index is 1.21. The van der Waals surface area contributed by atoms with Gasteiger partial charge in [0, 0.05) is 32.7 Å². The summed E-state index contributed by atoms with van der Waals surface area (Å²) in [5, 5.41) is 0. The third-order valence-electron chi connectivity index (χ3n) is 6.43. The number of para-hydroxylation sites is 4. The van der Waals surface area contributed by atoms with Crippen molar-refractivity contribution in [3.63, 3.8) is 0 Å². The zero-order chi connectivity index (χ0) is 24.0. The first-order chi connectivity index (χ1) is 17.2. The van der Waals surface area contributed by atoms with Gasteiger partial charge in [0.25, 0.3) is 5.91 Å². The second kappa shape index (κ2) is 10.6. The number of amides is 1. The molecule has 0 radical (unpaired) electrons. The maximum absolute atomic E-state index is 12.7. The van der Waals surface area contributed by atoms with Crippen molar-refractivity contribution in [2.75, 3.05) is 39.9 Å². The van der Waals surface area contributed by atoms with Crippen LogP contribution in [-0.4, -0.2) is 65.2 Å². The number of piperazine rings is 1. The van der Waals surface area contributed by atoms with Gasteiger partial charge in [0.1, 0.15) is 5.82 Å². The minimum Gasteiger partial charge on any atom is -0.493 e. The number of imidazole rings is 1. The monoisotopic (exact) mass is 470 g/mol. The van der Waals surface area contributed by atoms with Crippen molar-refractivity contribution in [1.29, 1.82) is 0 Å². The number of hydrogen-bond acceptors (Lipinski definition) is 5. The minimum atomic E-state index is -0.00753. The fraction of sp³-hybridized carbons (Fsp3) is 0.286. The summed E-state index contributed by atoms with van der Waals surface area (Å²) in [6, 6.07) is 26.2. The van der Waals surface area contributed by atoms with E-state index in [0.29, 0.717) is 24.6 Å². The SMILES string of the molecule is COc1ccccc1OCC(=O)N1CCN(Cc2nc3ccccc3n2Cc2ccccc2)CC1. The van der Waals surface area contributed by atoms with Crippen LogP contribution in [0.15, 0.2) is 78.9 Å². The van der Waals surface area contributed by atoms with E-state index in [1.807, 2.05) is 41.3 Å². The van der Waals surface area contributed by atoms with Crippen LogP contribution in [-0.2, 0) is 17.9 Å². The summed E-state index contributed by atoms with van der Waals surface area (Å²) in [6.45, 7) is 4.49.